The monoisotopic (exact) mass is 881 g/mol. The maximum Gasteiger partial charge on any atom is 0.481 e. The summed E-state index contributed by atoms with van der Waals surface area (Å²) in [7, 11) is -16.5. The molecular weight excluding hydrogens is 843 g/mol. The summed E-state index contributed by atoms with van der Waals surface area (Å²) in [5, 5.41) is 33.9. The van der Waals surface area contributed by atoms with Gasteiger partial charge < -0.3 is 60.8 Å². The smallest absolute Gasteiger partial charge is 0.480 e. The number of aldehydes is 1. The van der Waals surface area contributed by atoms with E-state index < -0.39 is 102 Å². The van der Waals surface area contributed by atoms with Crippen LogP contribution >= 0.6 is 35.2 Å². The molecule has 3 rings (SSSR count). The molecule has 3 unspecified atom stereocenters. The third kappa shape index (κ3) is 13.4. The number of ether oxygens (including phenoxy) is 1. The van der Waals surface area contributed by atoms with E-state index in [1.807, 2.05) is 0 Å². The molecule has 314 valence electrons. The van der Waals surface area contributed by atoms with Gasteiger partial charge in [-0.05, 0) is 0 Å². The molecule has 0 radical (unpaired) electrons. The predicted octanol–water partition coefficient (Wildman–Crippen LogP) is -2.44. The topological polar surface area (TPSA) is 418 Å². The van der Waals surface area contributed by atoms with Gasteiger partial charge in [-0.25, -0.2) is 28.6 Å². The summed E-state index contributed by atoms with van der Waals surface area (Å²) >= 11 is 0.519. The standard InChI is InChI=1S/C25H38N7O20P3S/c1-25(2,18(36)21(37)28-4-3-14(34)27-5-6-56-24(40)12(7-33)23(38)39)9-49-55(46,47)52-54(44,45)48-8-13-17(51-53(41,42)43)16(35)22(50-13)32-11-31-15-19(26)29-10-30-20(15)32/h7,10-13,16-18,22,35-36H,3-6,8-9H2,1-2H3,(H,27,34)(H,28,37)(H,38,39)(H,44,45)(H,46,47)(H2,26,29,30)(H2,41,42,43)/t12?,13-,16-,17-,18+,22-/m1/s1. The fraction of sp³-hybridized carbons (Fsp3) is 0.600. The Morgan fingerprint density at radius 2 is 1.73 bits per heavy atom. The highest BCUT2D eigenvalue weighted by Crippen LogP contribution is 2.61. The van der Waals surface area contributed by atoms with Crippen molar-refractivity contribution in [2.75, 3.05) is 37.8 Å². The number of anilines is 1. The second kappa shape index (κ2) is 19.4. The first-order valence-electron chi connectivity index (χ1n) is 15.6. The normalized spacial score (nSPS) is 22.1. The van der Waals surface area contributed by atoms with Crippen LogP contribution in [0.4, 0.5) is 5.82 Å². The van der Waals surface area contributed by atoms with Gasteiger partial charge in [0.15, 0.2) is 23.6 Å². The van der Waals surface area contributed by atoms with Gasteiger partial charge in [-0.2, -0.15) is 4.31 Å². The summed E-state index contributed by atoms with van der Waals surface area (Å²) in [5.41, 5.74) is 4.14. The molecule has 31 heteroatoms. The molecule has 2 amide bonds. The van der Waals surface area contributed by atoms with Crippen molar-refractivity contribution in [2.24, 2.45) is 11.3 Å². The minimum Gasteiger partial charge on any atom is -0.480 e. The quantitative estimate of drug-likeness (QED) is 0.0254. The first kappa shape index (κ1) is 47.1. The summed E-state index contributed by atoms with van der Waals surface area (Å²) in [5.74, 6) is -5.23. The van der Waals surface area contributed by atoms with Crippen molar-refractivity contribution in [1.82, 2.24) is 30.2 Å². The van der Waals surface area contributed by atoms with Gasteiger partial charge in [0.05, 0.1) is 19.5 Å². The van der Waals surface area contributed by atoms with E-state index >= 15 is 0 Å². The summed E-state index contributed by atoms with van der Waals surface area (Å²) in [6.07, 6.45) is -7.28. The molecule has 1 saturated heterocycles. The zero-order valence-electron chi connectivity index (χ0n) is 29.0. The van der Waals surface area contributed by atoms with Gasteiger partial charge in [-0.1, -0.05) is 25.6 Å². The number of aliphatic carboxylic acids is 1. The third-order valence-corrected chi connectivity index (χ3v) is 11.4. The average molecular weight is 882 g/mol. The van der Waals surface area contributed by atoms with Gasteiger partial charge >= 0.3 is 29.4 Å². The predicted molar refractivity (Wildman–Crippen MR) is 184 cm³/mol. The Morgan fingerprint density at radius 1 is 1.07 bits per heavy atom. The molecule has 1 aliphatic rings. The Hall–Kier alpha value is -3.30. The fourth-order valence-corrected chi connectivity index (χ4v) is 8.16. The van der Waals surface area contributed by atoms with Gasteiger partial charge in [0.2, 0.25) is 16.9 Å². The maximum absolute atomic E-state index is 12.6. The van der Waals surface area contributed by atoms with Gasteiger partial charge in [0.25, 0.3) is 0 Å². The summed E-state index contributed by atoms with van der Waals surface area (Å²) in [4.78, 5) is 108. The maximum atomic E-state index is 12.6. The summed E-state index contributed by atoms with van der Waals surface area (Å²) < 4.78 is 61.8. The van der Waals surface area contributed by atoms with Crippen LogP contribution in [-0.2, 0) is 60.3 Å². The number of hydrogen-bond donors (Lipinski definition) is 10. The number of nitrogens with zero attached hydrogens (tertiary/aromatic N) is 4. The number of carboxylic acid groups (broad SMARTS) is 1. The van der Waals surface area contributed by atoms with Crippen molar-refractivity contribution in [1.29, 1.82) is 0 Å². The number of carboxylic acids is 1. The number of nitrogen functional groups attached to an aromatic ring is 1. The molecule has 8 atom stereocenters. The largest absolute Gasteiger partial charge is 0.481 e. The Morgan fingerprint density at radius 3 is 2.36 bits per heavy atom. The fourth-order valence-electron chi connectivity index (χ4n) is 4.59. The molecular formula is C25H38N7O20P3S. The molecule has 0 bridgehead atoms. The van der Waals surface area contributed by atoms with Crippen LogP contribution in [0.25, 0.3) is 11.2 Å². The van der Waals surface area contributed by atoms with Crippen LogP contribution in [0.3, 0.4) is 0 Å². The van der Waals surface area contributed by atoms with E-state index in [0.29, 0.717) is 11.8 Å². The number of aliphatic hydroxyl groups excluding tert-OH is 2. The molecule has 56 heavy (non-hydrogen) atoms. The molecule has 3 heterocycles. The number of nitrogens with one attached hydrogen (secondary N) is 2. The molecule has 2 aromatic heterocycles. The van der Waals surface area contributed by atoms with E-state index in [1.54, 1.807) is 0 Å². The van der Waals surface area contributed by atoms with E-state index in [9.17, 15) is 67.5 Å². The number of phosphoric acid groups is 3. The molecule has 0 aromatic carbocycles. The number of carbonyl (C=O) groups is 5. The Kier molecular flexibility index (Phi) is 16.3. The van der Waals surface area contributed by atoms with Gasteiger partial charge in [-0.3, -0.25) is 37.3 Å². The lowest BCUT2D eigenvalue weighted by molar-refractivity contribution is -0.145. The SMILES string of the molecule is CC(C)(COP(=O)(O)OP(=O)(O)OC[C@H]1O[C@@H](n2cnc3c(N)ncnc32)[C@H](O)[C@@H]1OP(=O)(O)O)[C@@H](O)C(=O)NCCC(=O)NCCSC(=O)C(C=O)C(=O)O. The number of amides is 2. The van der Waals surface area contributed by atoms with Crippen molar-refractivity contribution >= 4 is 81.4 Å². The van der Waals surface area contributed by atoms with Gasteiger partial charge in [-0.15, -0.1) is 0 Å². The molecule has 0 aliphatic carbocycles. The van der Waals surface area contributed by atoms with E-state index in [-0.39, 0.29) is 48.5 Å². The molecule has 11 N–H and O–H groups in total. The first-order valence-corrected chi connectivity index (χ1v) is 21.1. The average Bonchev–Trinajstić information content (AvgIpc) is 3.64. The second-order valence-electron chi connectivity index (χ2n) is 12.2. The van der Waals surface area contributed by atoms with Crippen molar-refractivity contribution in [2.45, 2.75) is 50.9 Å². The molecule has 27 nitrogen and oxygen atoms in total. The number of carbonyl (C=O) groups excluding carboxylic acids is 4. The van der Waals surface area contributed by atoms with Crippen molar-refractivity contribution in [3.8, 4) is 0 Å². The number of thioether (sulfide) groups is 1. The van der Waals surface area contributed by atoms with Crippen LogP contribution in [0, 0.1) is 11.3 Å². The number of aliphatic hydroxyl groups is 2. The van der Waals surface area contributed by atoms with Crippen LogP contribution in [0.15, 0.2) is 12.7 Å². The highest BCUT2D eigenvalue weighted by Gasteiger charge is 2.50. The van der Waals surface area contributed by atoms with Crippen LogP contribution in [0.5, 0.6) is 0 Å². The van der Waals surface area contributed by atoms with Crippen LogP contribution in [-0.4, -0.2) is 140 Å². The van der Waals surface area contributed by atoms with E-state index in [0.717, 1.165) is 17.2 Å². The number of hydrogen-bond acceptors (Lipinski definition) is 20. The number of nitrogens with two attached hydrogens (primary N) is 1. The van der Waals surface area contributed by atoms with E-state index in [1.165, 1.54) is 13.8 Å². The molecule has 0 saturated carbocycles. The number of imidazole rings is 1. The van der Waals surface area contributed by atoms with Gasteiger partial charge in [0, 0.05) is 30.7 Å². The Balaban J connectivity index is 1.50. The minimum absolute atomic E-state index is 0.0110. The lowest BCUT2D eigenvalue weighted by atomic mass is 9.87. The number of aromatic nitrogens is 4. The minimum atomic E-state index is -5.60. The Labute approximate surface area is 319 Å². The molecule has 1 aliphatic heterocycles. The van der Waals surface area contributed by atoms with Gasteiger partial charge in [0.1, 0.15) is 42.5 Å². The number of rotatable bonds is 22. The molecule has 0 spiro atoms. The van der Waals surface area contributed by atoms with Crippen LogP contribution in [0.2, 0.25) is 0 Å². The van der Waals surface area contributed by atoms with Crippen LogP contribution < -0.4 is 16.4 Å². The number of fused-ring (bicyclic) bond motifs is 1. The highest BCUT2D eigenvalue weighted by molar-refractivity contribution is 8.13. The number of phosphoric ester groups is 3. The third-order valence-electron chi connectivity index (χ3n) is 7.40. The zero-order chi connectivity index (χ0) is 42.2. The highest BCUT2D eigenvalue weighted by atomic mass is 32.2. The lowest BCUT2D eigenvalue weighted by Crippen LogP contribution is -2.46. The van der Waals surface area contributed by atoms with Crippen molar-refractivity contribution in [3.05, 3.63) is 12.7 Å². The summed E-state index contributed by atoms with van der Waals surface area (Å²) in [6, 6.07) is 0. The molecule has 1 fully saturated rings. The van der Waals surface area contributed by atoms with E-state index in [2.05, 4.69) is 34.4 Å². The second-order valence-corrected chi connectivity index (χ2v) is 17.5. The van der Waals surface area contributed by atoms with Crippen LogP contribution in [0.1, 0.15) is 26.5 Å². The Bertz CT molecular complexity index is 1910. The summed E-state index contributed by atoms with van der Waals surface area (Å²) in [6.45, 7) is -0.108. The first-order chi connectivity index (χ1) is 25.9. The van der Waals surface area contributed by atoms with Crippen molar-refractivity contribution in [3.63, 3.8) is 0 Å². The lowest BCUT2D eigenvalue weighted by Gasteiger charge is -2.30. The van der Waals surface area contributed by atoms with Crippen molar-refractivity contribution < 1.29 is 95.2 Å². The van der Waals surface area contributed by atoms with E-state index in [4.69, 9.17) is 24.6 Å². The zero-order valence-corrected chi connectivity index (χ0v) is 32.5. The molecule has 2 aromatic rings.